The average molecular weight is 257 g/mol. The van der Waals surface area contributed by atoms with Gasteiger partial charge in [-0.15, -0.1) is 0 Å². The lowest BCUT2D eigenvalue weighted by Crippen LogP contribution is -2.01. The number of para-hydroxylation sites is 1. The van der Waals surface area contributed by atoms with Crippen LogP contribution >= 0.6 is 0 Å². The van der Waals surface area contributed by atoms with Gasteiger partial charge in [0.1, 0.15) is 0 Å². The Balaban J connectivity index is 2.07. The lowest BCUT2D eigenvalue weighted by atomic mass is 10.1. The maximum atomic E-state index is 9.65. The van der Waals surface area contributed by atoms with Crippen LogP contribution in [0.25, 0.3) is 0 Å². The van der Waals surface area contributed by atoms with E-state index in [1.165, 1.54) is 5.56 Å². The summed E-state index contributed by atoms with van der Waals surface area (Å²) in [7, 11) is 0. The molecule has 0 aliphatic rings. The Morgan fingerprint density at radius 3 is 2.68 bits per heavy atom. The zero-order valence-corrected chi connectivity index (χ0v) is 11.3. The van der Waals surface area contributed by atoms with Crippen molar-refractivity contribution >= 4 is 5.69 Å². The zero-order valence-electron chi connectivity index (χ0n) is 11.3. The number of benzene rings is 2. The van der Waals surface area contributed by atoms with Crippen molar-refractivity contribution in [1.29, 1.82) is 0 Å². The van der Waals surface area contributed by atoms with Gasteiger partial charge in [-0.1, -0.05) is 24.3 Å². The number of aryl methyl sites for hydroxylation is 1. The number of hydrogen-bond acceptors (Lipinski definition) is 3. The van der Waals surface area contributed by atoms with Crippen molar-refractivity contribution in [3.05, 3.63) is 53.6 Å². The van der Waals surface area contributed by atoms with Crippen molar-refractivity contribution < 1.29 is 9.84 Å². The largest absolute Gasteiger partial charge is 0.504 e. The summed E-state index contributed by atoms with van der Waals surface area (Å²) >= 11 is 0. The molecule has 0 fully saturated rings. The van der Waals surface area contributed by atoms with E-state index in [0.29, 0.717) is 18.9 Å². The van der Waals surface area contributed by atoms with Crippen LogP contribution in [-0.2, 0) is 6.54 Å². The summed E-state index contributed by atoms with van der Waals surface area (Å²) < 4.78 is 5.38. The smallest absolute Gasteiger partial charge is 0.161 e. The Morgan fingerprint density at radius 2 is 1.95 bits per heavy atom. The first-order chi connectivity index (χ1) is 9.20. The fourth-order valence-corrected chi connectivity index (χ4v) is 1.91. The highest BCUT2D eigenvalue weighted by atomic mass is 16.5. The van der Waals surface area contributed by atoms with E-state index in [1.807, 2.05) is 31.2 Å². The van der Waals surface area contributed by atoms with Crippen LogP contribution in [0, 0.1) is 6.92 Å². The standard InChI is InChI=1S/C16H19NO2/c1-3-19-16-10-13(8-9-15(16)18)11-17-14-7-5-4-6-12(14)2/h4-10,17-18H,3,11H2,1-2H3. The molecule has 2 aromatic rings. The van der Waals surface area contributed by atoms with Gasteiger partial charge in [0.05, 0.1) is 6.61 Å². The number of ether oxygens (including phenoxy) is 1. The highest BCUT2D eigenvalue weighted by Gasteiger charge is 2.04. The summed E-state index contributed by atoms with van der Waals surface area (Å²) in [5.74, 6) is 0.716. The minimum atomic E-state index is 0.182. The van der Waals surface area contributed by atoms with E-state index in [9.17, 15) is 5.11 Å². The predicted octanol–water partition coefficient (Wildman–Crippen LogP) is 3.71. The minimum absolute atomic E-state index is 0.182. The second-order valence-corrected chi connectivity index (χ2v) is 4.40. The van der Waals surface area contributed by atoms with E-state index in [0.717, 1.165) is 11.3 Å². The maximum absolute atomic E-state index is 9.65. The van der Waals surface area contributed by atoms with Crippen LogP contribution in [0.4, 0.5) is 5.69 Å². The van der Waals surface area contributed by atoms with Crippen molar-refractivity contribution in [2.45, 2.75) is 20.4 Å². The fraction of sp³-hybridized carbons (Fsp3) is 0.250. The number of aromatic hydroxyl groups is 1. The Labute approximate surface area is 113 Å². The molecular weight excluding hydrogens is 238 g/mol. The first kappa shape index (κ1) is 13.3. The number of phenols is 1. The van der Waals surface area contributed by atoms with Crippen LogP contribution in [0.2, 0.25) is 0 Å². The highest BCUT2D eigenvalue weighted by Crippen LogP contribution is 2.27. The molecule has 0 saturated heterocycles. The molecule has 3 nitrogen and oxygen atoms in total. The second kappa shape index (κ2) is 6.14. The van der Waals surface area contributed by atoms with Gasteiger partial charge in [0.15, 0.2) is 11.5 Å². The molecule has 0 unspecified atom stereocenters. The molecule has 0 saturated carbocycles. The van der Waals surface area contributed by atoms with Crippen molar-refractivity contribution in [2.75, 3.05) is 11.9 Å². The van der Waals surface area contributed by atoms with Gasteiger partial charge < -0.3 is 15.2 Å². The van der Waals surface area contributed by atoms with Gasteiger partial charge in [-0.2, -0.15) is 0 Å². The summed E-state index contributed by atoms with van der Waals surface area (Å²) in [6.45, 7) is 5.22. The first-order valence-corrected chi connectivity index (χ1v) is 6.45. The molecule has 0 aliphatic heterocycles. The van der Waals surface area contributed by atoms with Gasteiger partial charge in [0.2, 0.25) is 0 Å². The van der Waals surface area contributed by atoms with Gasteiger partial charge in [0.25, 0.3) is 0 Å². The Kier molecular flexibility index (Phi) is 4.29. The summed E-state index contributed by atoms with van der Waals surface area (Å²) in [5, 5.41) is 13.0. The molecule has 2 N–H and O–H groups in total. The summed E-state index contributed by atoms with van der Waals surface area (Å²) in [6.07, 6.45) is 0. The zero-order chi connectivity index (χ0) is 13.7. The highest BCUT2D eigenvalue weighted by molar-refractivity contribution is 5.51. The number of nitrogens with one attached hydrogen (secondary N) is 1. The molecule has 0 spiro atoms. The molecule has 2 aromatic carbocycles. The minimum Gasteiger partial charge on any atom is -0.504 e. The molecule has 3 heteroatoms. The topological polar surface area (TPSA) is 41.5 Å². The van der Waals surface area contributed by atoms with Crippen LogP contribution in [0.5, 0.6) is 11.5 Å². The van der Waals surface area contributed by atoms with E-state index in [1.54, 1.807) is 6.07 Å². The lowest BCUT2D eigenvalue weighted by molar-refractivity contribution is 0.318. The molecule has 100 valence electrons. The summed E-state index contributed by atoms with van der Waals surface area (Å²) in [5.41, 5.74) is 3.41. The SMILES string of the molecule is CCOc1cc(CNc2ccccc2C)ccc1O. The van der Waals surface area contributed by atoms with Crippen LogP contribution in [0.1, 0.15) is 18.1 Å². The number of anilines is 1. The Bertz CT molecular complexity index is 552. The summed E-state index contributed by atoms with van der Waals surface area (Å²) in [4.78, 5) is 0. The van der Waals surface area contributed by atoms with Crippen LogP contribution < -0.4 is 10.1 Å². The normalized spacial score (nSPS) is 10.2. The second-order valence-electron chi connectivity index (χ2n) is 4.40. The Hall–Kier alpha value is -2.16. The van der Waals surface area contributed by atoms with Crippen molar-refractivity contribution in [2.24, 2.45) is 0 Å². The van der Waals surface area contributed by atoms with Crippen LogP contribution in [-0.4, -0.2) is 11.7 Å². The number of phenolic OH excluding ortho intramolecular Hbond substituents is 1. The lowest BCUT2D eigenvalue weighted by Gasteiger charge is -2.11. The fourth-order valence-electron chi connectivity index (χ4n) is 1.91. The third kappa shape index (κ3) is 3.41. The first-order valence-electron chi connectivity index (χ1n) is 6.45. The van der Waals surface area contributed by atoms with Crippen LogP contribution in [0.3, 0.4) is 0 Å². The molecule has 19 heavy (non-hydrogen) atoms. The average Bonchev–Trinajstić information content (AvgIpc) is 2.41. The Morgan fingerprint density at radius 1 is 1.16 bits per heavy atom. The van der Waals surface area contributed by atoms with Crippen molar-refractivity contribution in [1.82, 2.24) is 0 Å². The van der Waals surface area contributed by atoms with E-state index < -0.39 is 0 Å². The molecule has 0 amide bonds. The molecule has 0 aromatic heterocycles. The van der Waals surface area contributed by atoms with Crippen molar-refractivity contribution in [3.8, 4) is 11.5 Å². The van der Waals surface area contributed by atoms with Crippen molar-refractivity contribution in [3.63, 3.8) is 0 Å². The molecule has 0 radical (unpaired) electrons. The molecule has 2 rings (SSSR count). The molecular formula is C16H19NO2. The van der Waals surface area contributed by atoms with E-state index in [2.05, 4.69) is 24.4 Å². The van der Waals surface area contributed by atoms with E-state index in [-0.39, 0.29) is 5.75 Å². The van der Waals surface area contributed by atoms with Gasteiger partial charge in [-0.05, 0) is 43.2 Å². The van der Waals surface area contributed by atoms with Crippen LogP contribution in [0.15, 0.2) is 42.5 Å². The molecule has 0 heterocycles. The van der Waals surface area contributed by atoms with E-state index >= 15 is 0 Å². The number of hydrogen-bond donors (Lipinski definition) is 2. The van der Waals surface area contributed by atoms with Gasteiger partial charge >= 0.3 is 0 Å². The quantitative estimate of drug-likeness (QED) is 0.858. The monoisotopic (exact) mass is 257 g/mol. The van der Waals surface area contributed by atoms with Gasteiger partial charge in [0, 0.05) is 12.2 Å². The van der Waals surface area contributed by atoms with Gasteiger partial charge in [-0.3, -0.25) is 0 Å². The van der Waals surface area contributed by atoms with Gasteiger partial charge in [-0.25, -0.2) is 0 Å². The third-order valence-corrected chi connectivity index (χ3v) is 2.95. The molecule has 0 atom stereocenters. The predicted molar refractivity (Wildman–Crippen MR) is 77.8 cm³/mol. The molecule has 0 aliphatic carbocycles. The number of rotatable bonds is 5. The molecule has 0 bridgehead atoms. The van der Waals surface area contributed by atoms with E-state index in [4.69, 9.17) is 4.74 Å². The third-order valence-electron chi connectivity index (χ3n) is 2.95. The maximum Gasteiger partial charge on any atom is 0.161 e. The summed E-state index contributed by atoms with van der Waals surface area (Å²) in [6, 6.07) is 13.6.